The Bertz CT molecular complexity index is 466. The fraction of sp³-hybridized carbons (Fsp3) is 0.571. The second kappa shape index (κ2) is 7.38. The first-order chi connectivity index (χ1) is 9.61. The monoisotopic (exact) mass is 323 g/mol. The van der Waals surface area contributed by atoms with Crippen molar-refractivity contribution in [1.29, 1.82) is 0 Å². The number of halogens is 3. The summed E-state index contributed by atoms with van der Waals surface area (Å²) in [5.41, 5.74) is 0.564. The Morgan fingerprint density at radius 2 is 1.95 bits per heavy atom. The lowest BCUT2D eigenvalue weighted by Crippen LogP contribution is -2.40. The lowest BCUT2D eigenvalue weighted by molar-refractivity contribution is 0.0799. The Morgan fingerprint density at radius 3 is 2.43 bits per heavy atom. The lowest BCUT2D eigenvalue weighted by Gasteiger charge is -2.26. The van der Waals surface area contributed by atoms with Crippen LogP contribution in [0.15, 0.2) is 18.2 Å². The Morgan fingerprint density at radius 1 is 1.33 bits per heavy atom. The average Bonchev–Trinajstić information content (AvgIpc) is 2.35. The summed E-state index contributed by atoms with van der Waals surface area (Å²) in [6.07, 6.45) is -2.65. The Hall–Kier alpha value is -0.920. The molecule has 0 aromatic heterocycles. The van der Waals surface area contributed by atoms with Crippen molar-refractivity contribution >= 4 is 11.4 Å². The van der Waals surface area contributed by atoms with Gasteiger partial charge in [-0.1, -0.05) is 6.07 Å². The fourth-order valence-corrected chi connectivity index (χ4v) is 2.27. The minimum Gasteiger partial charge on any atom is -0.598 e. The number of hydrogen-bond donors (Lipinski definition) is 1. The number of rotatable bonds is 6. The van der Waals surface area contributed by atoms with Crippen LogP contribution < -0.4 is 9.46 Å². The maximum absolute atomic E-state index is 13.8. The molecule has 0 aliphatic rings. The van der Waals surface area contributed by atoms with E-state index >= 15 is 0 Å². The molecule has 0 bridgehead atoms. The van der Waals surface area contributed by atoms with Crippen molar-refractivity contribution < 1.29 is 22.5 Å². The summed E-state index contributed by atoms with van der Waals surface area (Å²) in [6, 6.07) is 3.70. The quantitative estimate of drug-likeness (QED) is 0.814. The van der Waals surface area contributed by atoms with Gasteiger partial charge in [-0.25, -0.2) is 13.2 Å². The van der Waals surface area contributed by atoms with Crippen LogP contribution in [0.5, 0.6) is 5.75 Å². The van der Waals surface area contributed by atoms with Gasteiger partial charge in [-0.2, -0.15) is 0 Å². The third-order valence-electron chi connectivity index (χ3n) is 2.66. The van der Waals surface area contributed by atoms with E-state index in [0.717, 1.165) is 0 Å². The Labute approximate surface area is 126 Å². The van der Waals surface area contributed by atoms with Gasteiger partial charge in [-0.3, -0.25) is 0 Å². The van der Waals surface area contributed by atoms with Crippen molar-refractivity contribution in [1.82, 2.24) is 4.72 Å². The number of ether oxygens (including phenoxy) is 1. The van der Waals surface area contributed by atoms with Gasteiger partial charge in [0.1, 0.15) is 11.4 Å². The van der Waals surface area contributed by atoms with Crippen molar-refractivity contribution in [2.24, 2.45) is 0 Å². The highest BCUT2D eigenvalue weighted by Crippen LogP contribution is 2.24. The molecule has 0 fully saturated rings. The smallest absolute Gasteiger partial charge is 0.272 e. The van der Waals surface area contributed by atoms with E-state index in [2.05, 4.69) is 9.46 Å². The predicted octanol–water partition coefficient (Wildman–Crippen LogP) is 3.58. The summed E-state index contributed by atoms with van der Waals surface area (Å²) < 4.78 is 56.9. The molecule has 2 atom stereocenters. The van der Waals surface area contributed by atoms with Crippen LogP contribution in [0.2, 0.25) is 0 Å². The first-order valence-electron chi connectivity index (χ1n) is 6.49. The Balaban J connectivity index is 2.74. The Kier molecular flexibility index (Phi) is 6.37. The third kappa shape index (κ3) is 5.76. The van der Waals surface area contributed by atoms with Crippen LogP contribution in [0.3, 0.4) is 0 Å². The number of nitrogens with one attached hydrogen (secondary N) is 1. The molecule has 0 heterocycles. The van der Waals surface area contributed by atoms with Gasteiger partial charge in [-0.15, -0.1) is 4.72 Å². The van der Waals surface area contributed by atoms with E-state index in [-0.39, 0.29) is 11.8 Å². The highest BCUT2D eigenvalue weighted by molar-refractivity contribution is 7.90. The van der Waals surface area contributed by atoms with Gasteiger partial charge in [0.2, 0.25) is 0 Å². The molecule has 1 unspecified atom stereocenters. The largest absolute Gasteiger partial charge is 0.598 e. The van der Waals surface area contributed by atoms with Gasteiger partial charge in [0, 0.05) is 11.4 Å². The summed E-state index contributed by atoms with van der Waals surface area (Å²) in [7, 11) is 0. The topological polar surface area (TPSA) is 44.3 Å². The van der Waals surface area contributed by atoms with Crippen molar-refractivity contribution in [3.8, 4) is 5.75 Å². The normalized spacial score (nSPS) is 15.1. The highest BCUT2D eigenvalue weighted by atomic mass is 32.2. The van der Waals surface area contributed by atoms with Crippen molar-refractivity contribution in [2.45, 2.75) is 44.9 Å². The second-order valence-corrected chi connectivity index (χ2v) is 7.61. The molecule has 0 aliphatic carbocycles. The van der Waals surface area contributed by atoms with Crippen molar-refractivity contribution in [3.63, 3.8) is 0 Å². The van der Waals surface area contributed by atoms with E-state index in [1.807, 2.05) is 20.8 Å². The van der Waals surface area contributed by atoms with Crippen molar-refractivity contribution in [2.75, 3.05) is 6.61 Å². The van der Waals surface area contributed by atoms with Crippen LogP contribution in [0.25, 0.3) is 0 Å². The van der Waals surface area contributed by atoms with E-state index < -0.39 is 35.0 Å². The van der Waals surface area contributed by atoms with Gasteiger partial charge >= 0.3 is 0 Å². The molecule has 1 rings (SSSR count). The minimum absolute atomic E-state index is 0.219. The molecule has 1 aromatic carbocycles. The molecule has 0 saturated heterocycles. The minimum atomic E-state index is -2.65. The molecule has 0 spiro atoms. The third-order valence-corrected chi connectivity index (χ3v) is 4.34. The fourth-order valence-electron chi connectivity index (χ4n) is 1.46. The van der Waals surface area contributed by atoms with Crippen LogP contribution in [0.1, 0.15) is 39.3 Å². The first-order valence-corrected chi connectivity index (χ1v) is 7.64. The van der Waals surface area contributed by atoms with E-state index in [1.54, 1.807) is 13.0 Å². The van der Waals surface area contributed by atoms with Crippen LogP contribution in [0, 0.1) is 5.82 Å². The zero-order valence-corrected chi connectivity index (χ0v) is 13.3. The van der Waals surface area contributed by atoms with Crippen LogP contribution in [-0.4, -0.2) is 22.3 Å². The molecule has 0 radical (unpaired) electrons. The van der Waals surface area contributed by atoms with E-state index in [1.165, 1.54) is 12.1 Å². The van der Waals surface area contributed by atoms with Crippen LogP contribution in [-0.2, 0) is 11.4 Å². The van der Waals surface area contributed by atoms with Gasteiger partial charge in [0.25, 0.3) is 6.43 Å². The summed E-state index contributed by atoms with van der Waals surface area (Å²) in [5.74, 6) is -0.938. The number of hydrogen-bond acceptors (Lipinski definition) is 3. The van der Waals surface area contributed by atoms with E-state index in [0.29, 0.717) is 5.56 Å². The van der Waals surface area contributed by atoms with Gasteiger partial charge < -0.3 is 9.29 Å². The first kappa shape index (κ1) is 18.1. The molecular weight excluding hydrogens is 303 g/mol. The lowest BCUT2D eigenvalue weighted by atomic mass is 10.1. The summed E-state index contributed by atoms with van der Waals surface area (Å²) in [4.78, 5) is 0. The standard InChI is InChI=1S/C14H20F3NO2S/c1-9(18-21(19)14(2,3)4)10-5-6-12(11(15)7-10)20-8-13(16)17/h5-7,9,13,18H,8H2,1-4H3/t9-,21?/m1/s1. The van der Waals surface area contributed by atoms with Crippen LogP contribution in [0.4, 0.5) is 13.2 Å². The molecular formula is C14H20F3NO2S. The molecule has 120 valence electrons. The summed E-state index contributed by atoms with van der Waals surface area (Å²) in [6.45, 7) is 6.37. The SMILES string of the molecule is C[C@@H](N[S+]([O-])C(C)(C)C)c1ccc(OCC(F)F)c(F)c1. The molecule has 1 N–H and O–H groups in total. The maximum Gasteiger partial charge on any atom is 0.272 e. The zero-order chi connectivity index (χ0) is 16.2. The van der Waals surface area contributed by atoms with Crippen LogP contribution >= 0.6 is 0 Å². The average molecular weight is 323 g/mol. The van der Waals surface area contributed by atoms with Gasteiger partial charge in [0.15, 0.2) is 11.6 Å². The molecule has 7 heteroatoms. The summed E-state index contributed by atoms with van der Waals surface area (Å²) in [5, 5.41) is 0. The molecule has 0 aliphatic heterocycles. The molecule has 1 aromatic rings. The number of benzene rings is 1. The van der Waals surface area contributed by atoms with Gasteiger partial charge in [-0.05, 0) is 45.4 Å². The summed E-state index contributed by atoms with van der Waals surface area (Å²) >= 11 is -1.29. The zero-order valence-electron chi connectivity index (χ0n) is 12.5. The van der Waals surface area contributed by atoms with Gasteiger partial charge in [0.05, 0.1) is 6.04 Å². The molecule has 21 heavy (non-hydrogen) atoms. The second-order valence-electron chi connectivity index (χ2n) is 5.61. The maximum atomic E-state index is 13.8. The van der Waals surface area contributed by atoms with E-state index in [9.17, 15) is 17.7 Å². The number of alkyl halides is 2. The predicted molar refractivity (Wildman–Crippen MR) is 77.3 cm³/mol. The molecule has 0 saturated carbocycles. The van der Waals surface area contributed by atoms with E-state index in [4.69, 9.17) is 0 Å². The molecule has 0 amide bonds. The van der Waals surface area contributed by atoms with Crippen molar-refractivity contribution in [3.05, 3.63) is 29.6 Å². The highest BCUT2D eigenvalue weighted by Gasteiger charge is 2.28. The molecule has 3 nitrogen and oxygen atoms in total.